The van der Waals surface area contributed by atoms with E-state index in [0.29, 0.717) is 24.5 Å². The highest BCUT2D eigenvalue weighted by atomic mass is 16.5. The Morgan fingerprint density at radius 2 is 1.57 bits per heavy atom. The van der Waals surface area contributed by atoms with Crippen LogP contribution in [0.4, 0.5) is 16.2 Å². The molecule has 1 fully saturated rings. The van der Waals surface area contributed by atoms with E-state index in [2.05, 4.69) is 5.32 Å². The van der Waals surface area contributed by atoms with Crippen molar-refractivity contribution in [2.45, 2.75) is 6.92 Å². The number of urea groups is 1. The lowest BCUT2D eigenvalue weighted by atomic mass is 10.2. The van der Waals surface area contributed by atoms with Gasteiger partial charge in [-0.3, -0.25) is 9.69 Å². The lowest BCUT2D eigenvalue weighted by Gasteiger charge is -2.18. The molecule has 1 N–H and O–H groups in total. The van der Waals surface area contributed by atoms with Crippen molar-refractivity contribution in [3.8, 4) is 11.5 Å². The molecule has 0 saturated carbocycles. The van der Waals surface area contributed by atoms with Gasteiger partial charge in [0.2, 0.25) is 5.91 Å². The molecule has 30 heavy (non-hydrogen) atoms. The SMILES string of the molecule is Cc1ccc(N2CCN(CC(=O)Nc3ccc(Oc4ccccc4)cc3)C2=O)cc1. The Bertz CT molecular complexity index is 1020. The van der Waals surface area contributed by atoms with E-state index < -0.39 is 0 Å². The molecule has 1 aliphatic rings. The third-order valence-corrected chi connectivity index (χ3v) is 4.89. The average molecular weight is 401 g/mol. The number of nitrogens with one attached hydrogen (secondary N) is 1. The van der Waals surface area contributed by atoms with Crippen LogP contribution in [-0.2, 0) is 4.79 Å². The van der Waals surface area contributed by atoms with E-state index >= 15 is 0 Å². The Balaban J connectivity index is 1.31. The molecule has 1 saturated heterocycles. The molecule has 0 bridgehead atoms. The summed E-state index contributed by atoms with van der Waals surface area (Å²) in [6.45, 7) is 3.11. The van der Waals surface area contributed by atoms with Crippen molar-refractivity contribution >= 4 is 23.3 Å². The van der Waals surface area contributed by atoms with Gasteiger partial charge in [0, 0.05) is 24.5 Å². The molecule has 3 aromatic rings. The van der Waals surface area contributed by atoms with Crippen molar-refractivity contribution in [1.82, 2.24) is 4.90 Å². The first kappa shape index (κ1) is 19.5. The van der Waals surface area contributed by atoms with E-state index in [-0.39, 0.29) is 18.5 Å². The Morgan fingerprint density at radius 3 is 2.27 bits per heavy atom. The monoisotopic (exact) mass is 401 g/mol. The molecule has 0 spiro atoms. The van der Waals surface area contributed by atoms with Gasteiger partial charge in [-0.05, 0) is 55.5 Å². The molecule has 0 aliphatic carbocycles. The number of aryl methyl sites for hydroxylation is 1. The van der Waals surface area contributed by atoms with E-state index in [0.717, 1.165) is 17.0 Å². The molecule has 0 radical (unpaired) electrons. The van der Waals surface area contributed by atoms with Crippen molar-refractivity contribution in [1.29, 1.82) is 0 Å². The number of hydrogen-bond donors (Lipinski definition) is 1. The third kappa shape index (κ3) is 4.60. The van der Waals surface area contributed by atoms with Gasteiger partial charge in [-0.2, -0.15) is 0 Å². The maximum Gasteiger partial charge on any atom is 0.325 e. The largest absolute Gasteiger partial charge is 0.457 e. The van der Waals surface area contributed by atoms with Crippen molar-refractivity contribution < 1.29 is 14.3 Å². The Morgan fingerprint density at radius 1 is 0.900 bits per heavy atom. The normalized spacial score (nSPS) is 13.4. The van der Waals surface area contributed by atoms with Gasteiger partial charge < -0.3 is 15.0 Å². The van der Waals surface area contributed by atoms with Crippen LogP contribution in [0, 0.1) is 6.92 Å². The Labute approximate surface area is 175 Å². The standard InChI is InChI=1S/C24H23N3O3/c1-18-7-11-20(12-8-18)27-16-15-26(24(27)29)17-23(28)25-19-9-13-22(14-10-19)30-21-5-3-2-4-6-21/h2-14H,15-17H2,1H3,(H,25,28). The number of ether oxygens (including phenoxy) is 1. The van der Waals surface area contributed by atoms with Gasteiger partial charge in [0.25, 0.3) is 0 Å². The quantitative estimate of drug-likeness (QED) is 0.653. The summed E-state index contributed by atoms with van der Waals surface area (Å²) in [5.41, 5.74) is 2.65. The number of nitrogens with zero attached hydrogens (tertiary/aromatic N) is 2. The molecule has 0 atom stereocenters. The van der Waals surface area contributed by atoms with Gasteiger partial charge in [-0.15, -0.1) is 0 Å². The van der Waals surface area contributed by atoms with Crippen molar-refractivity contribution in [2.24, 2.45) is 0 Å². The zero-order valence-electron chi connectivity index (χ0n) is 16.7. The third-order valence-electron chi connectivity index (χ3n) is 4.89. The Kier molecular flexibility index (Phi) is 5.66. The number of carbonyl (C=O) groups is 2. The van der Waals surface area contributed by atoms with Crippen molar-refractivity contribution in [2.75, 3.05) is 29.9 Å². The molecule has 6 nitrogen and oxygen atoms in total. The molecule has 1 aliphatic heterocycles. The fraction of sp³-hybridized carbons (Fsp3) is 0.167. The van der Waals surface area contributed by atoms with E-state index in [1.54, 1.807) is 34.1 Å². The molecule has 0 unspecified atom stereocenters. The van der Waals surface area contributed by atoms with Crippen LogP contribution in [0.2, 0.25) is 0 Å². The van der Waals surface area contributed by atoms with Gasteiger partial charge in [0.15, 0.2) is 0 Å². The molecule has 152 valence electrons. The second-order valence-corrected chi connectivity index (χ2v) is 7.18. The zero-order valence-corrected chi connectivity index (χ0v) is 16.7. The lowest BCUT2D eigenvalue weighted by molar-refractivity contribution is -0.116. The highest BCUT2D eigenvalue weighted by Gasteiger charge is 2.30. The molecule has 4 rings (SSSR count). The Hall–Kier alpha value is -3.80. The maximum absolute atomic E-state index is 12.7. The second-order valence-electron chi connectivity index (χ2n) is 7.18. The molecular formula is C24H23N3O3. The van der Waals surface area contributed by atoms with Crippen LogP contribution < -0.4 is 15.0 Å². The minimum atomic E-state index is -0.231. The topological polar surface area (TPSA) is 61.9 Å². The number of anilines is 2. The van der Waals surface area contributed by atoms with E-state index in [9.17, 15) is 9.59 Å². The highest BCUT2D eigenvalue weighted by Crippen LogP contribution is 2.23. The average Bonchev–Trinajstić information content (AvgIpc) is 3.11. The summed E-state index contributed by atoms with van der Waals surface area (Å²) in [4.78, 5) is 28.3. The summed E-state index contributed by atoms with van der Waals surface area (Å²) >= 11 is 0. The number of para-hydroxylation sites is 1. The minimum Gasteiger partial charge on any atom is -0.457 e. The summed E-state index contributed by atoms with van der Waals surface area (Å²) in [6.07, 6.45) is 0. The number of amides is 3. The summed E-state index contributed by atoms with van der Waals surface area (Å²) in [5.74, 6) is 1.20. The maximum atomic E-state index is 12.7. The number of carbonyl (C=O) groups excluding carboxylic acids is 2. The lowest BCUT2D eigenvalue weighted by Crippen LogP contribution is -2.37. The first-order valence-electron chi connectivity index (χ1n) is 9.84. The number of rotatable bonds is 6. The molecule has 6 heteroatoms. The van der Waals surface area contributed by atoms with Gasteiger partial charge in [0.05, 0.1) is 0 Å². The number of benzene rings is 3. The summed E-state index contributed by atoms with van der Waals surface area (Å²) in [6, 6.07) is 24.3. The molecule has 1 heterocycles. The van der Waals surface area contributed by atoms with Crippen LogP contribution in [0.1, 0.15) is 5.56 Å². The van der Waals surface area contributed by atoms with Crippen LogP contribution >= 0.6 is 0 Å². The zero-order chi connectivity index (χ0) is 20.9. The predicted octanol–water partition coefficient (Wildman–Crippen LogP) is 4.67. The van der Waals surface area contributed by atoms with Crippen molar-refractivity contribution in [3.63, 3.8) is 0 Å². The van der Waals surface area contributed by atoms with Crippen LogP contribution in [0.25, 0.3) is 0 Å². The predicted molar refractivity (Wildman–Crippen MR) is 117 cm³/mol. The second kappa shape index (κ2) is 8.69. The van der Waals surface area contributed by atoms with Crippen molar-refractivity contribution in [3.05, 3.63) is 84.4 Å². The highest BCUT2D eigenvalue weighted by molar-refractivity contribution is 5.99. The fourth-order valence-electron chi connectivity index (χ4n) is 3.30. The fourth-order valence-corrected chi connectivity index (χ4v) is 3.30. The minimum absolute atomic E-state index is 0.0173. The molecular weight excluding hydrogens is 378 g/mol. The van der Waals surface area contributed by atoms with Gasteiger partial charge in [-0.1, -0.05) is 35.9 Å². The summed E-state index contributed by atoms with van der Waals surface area (Å²) in [7, 11) is 0. The van der Waals surface area contributed by atoms with Gasteiger partial charge in [0.1, 0.15) is 18.0 Å². The summed E-state index contributed by atoms with van der Waals surface area (Å²) < 4.78 is 5.75. The number of hydrogen-bond acceptors (Lipinski definition) is 3. The molecule has 3 amide bonds. The first-order chi connectivity index (χ1) is 14.6. The van der Waals surface area contributed by atoms with Crippen LogP contribution in [-0.4, -0.2) is 36.5 Å². The van der Waals surface area contributed by atoms with Gasteiger partial charge >= 0.3 is 6.03 Å². The van der Waals surface area contributed by atoms with Crippen LogP contribution in [0.3, 0.4) is 0 Å². The summed E-state index contributed by atoms with van der Waals surface area (Å²) in [5, 5.41) is 2.84. The molecule has 0 aromatic heterocycles. The van der Waals surface area contributed by atoms with Crippen LogP contribution in [0.5, 0.6) is 11.5 Å². The van der Waals surface area contributed by atoms with Gasteiger partial charge in [-0.25, -0.2) is 4.79 Å². The van der Waals surface area contributed by atoms with E-state index in [1.807, 2.05) is 61.5 Å². The molecule has 3 aromatic carbocycles. The smallest absolute Gasteiger partial charge is 0.325 e. The van der Waals surface area contributed by atoms with E-state index in [1.165, 1.54) is 0 Å². The van der Waals surface area contributed by atoms with E-state index in [4.69, 9.17) is 4.74 Å². The van der Waals surface area contributed by atoms with Crippen LogP contribution in [0.15, 0.2) is 78.9 Å². The first-order valence-corrected chi connectivity index (χ1v) is 9.84.